The predicted molar refractivity (Wildman–Crippen MR) is 127 cm³/mol. The highest BCUT2D eigenvalue weighted by Gasteiger charge is 2.28. The second kappa shape index (κ2) is 12.7. The molecule has 0 heterocycles. The Morgan fingerprint density at radius 1 is 1.07 bits per heavy atom. The van der Waals surface area contributed by atoms with Crippen molar-refractivity contribution in [1.82, 2.24) is 10.2 Å². The van der Waals surface area contributed by atoms with Crippen molar-refractivity contribution in [2.75, 3.05) is 12.3 Å². The van der Waals surface area contributed by atoms with E-state index in [1.165, 1.54) is 0 Å². The molecule has 1 atom stereocenters. The topological polar surface area (TPSA) is 49.4 Å². The molecule has 0 radical (unpaired) electrons. The number of halogens is 1. The molecule has 0 aliphatic heterocycles. The van der Waals surface area contributed by atoms with Crippen molar-refractivity contribution in [1.29, 1.82) is 0 Å². The molecular formula is C24H31ClN2O2S. The summed E-state index contributed by atoms with van der Waals surface area (Å²) in [6.45, 7) is 6.33. The second-order valence-electron chi connectivity index (χ2n) is 7.53. The summed E-state index contributed by atoms with van der Waals surface area (Å²) >= 11 is 7.59. The van der Waals surface area contributed by atoms with Gasteiger partial charge in [-0.05, 0) is 49.9 Å². The Bertz CT molecular complexity index is 814. The van der Waals surface area contributed by atoms with Crippen LogP contribution in [0.3, 0.4) is 0 Å². The predicted octanol–water partition coefficient (Wildman–Crippen LogP) is 4.95. The minimum Gasteiger partial charge on any atom is -0.352 e. The van der Waals surface area contributed by atoms with E-state index in [0.717, 1.165) is 17.5 Å². The molecule has 4 nitrogen and oxygen atoms in total. The van der Waals surface area contributed by atoms with Gasteiger partial charge in [0.25, 0.3) is 0 Å². The number of rotatable bonds is 11. The zero-order valence-corrected chi connectivity index (χ0v) is 19.5. The molecule has 1 N–H and O–H groups in total. The summed E-state index contributed by atoms with van der Waals surface area (Å²) in [4.78, 5) is 27.6. The van der Waals surface area contributed by atoms with Gasteiger partial charge in [-0.3, -0.25) is 9.59 Å². The Kier molecular flexibility index (Phi) is 10.2. The van der Waals surface area contributed by atoms with Crippen molar-refractivity contribution in [2.45, 2.75) is 51.4 Å². The highest BCUT2D eigenvalue weighted by Crippen LogP contribution is 2.18. The van der Waals surface area contributed by atoms with Gasteiger partial charge in [0.05, 0.1) is 5.75 Å². The fourth-order valence-electron chi connectivity index (χ4n) is 3.24. The molecule has 0 bridgehead atoms. The molecule has 0 unspecified atom stereocenters. The fraction of sp³-hybridized carbons (Fsp3) is 0.417. The monoisotopic (exact) mass is 446 g/mol. The van der Waals surface area contributed by atoms with Crippen molar-refractivity contribution >= 4 is 35.2 Å². The Morgan fingerprint density at radius 3 is 2.40 bits per heavy atom. The number of nitrogens with zero attached hydrogens (tertiary/aromatic N) is 1. The first-order valence-electron chi connectivity index (χ1n) is 10.4. The van der Waals surface area contributed by atoms with E-state index in [2.05, 4.69) is 5.32 Å². The van der Waals surface area contributed by atoms with Gasteiger partial charge in [0.1, 0.15) is 6.04 Å². The lowest BCUT2D eigenvalue weighted by Crippen LogP contribution is -2.51. The number of carbonyl (C=O) groups is 2. The van der Waals surface area contributed by atoms with E-state index in [-0.39, 0.29) is 17.9 Å². The third-order valence-electron chi connectivity index (χ3n) is 4.68. The van der Waals surface area contributed by atoms with Crippen molar-refractivity contribution in [2.24, 2.45) is 0 Å². The van der Waals surface area contributed by atoms with E-state index >= 15 is 0 Å². The van der Waals surface area contributed by atoms with Gasteiger partial charge in [-0.1, -0.05) is 61.0 Å². The van der Waals surface area contributed by atoms with Crippen molar-refractivity contribution in [3.8, 4) is 0 Å². The van der Waals surface area contributed by atoms with Gasteiger partial charge in [-0.2, -0.15) is 0 Å². The van der Waals surface area contributed by atoms with Crippen LogP contribution in [-0.4, -0.2) is 41.1 Å². The first kappa shape index (κ1) is 24.3. The maximum Gasteiger partial charge on any atom is 0.242 e. The molecule has 2 amide bonds. The lowest BCUT2D eigenvalue weighted by atomic mass is 10.1. The Hall–Kier alpha value is -1.98. The van der Waals surface area contributed by atoms with E-state index < -0.39 is 6.04 Å². The van der Waals surface area contributed by atoms with Crippen LogP contribution >= 0.6 is 23.4 Å². The lowest BCUT2D eigenvalue weighted by molar-refractivity contribution is -0.139. The zero-order chi connectivity index (χ0) is 21.9. The van der Waals surface area contributed by atoms with Gasteiger partial charge in [0.15, 0.2) is 0 Å². The van der Waals surface area contributed by atoms with E-state index in [1.807, 2.05) is 75.4 Å². The standard InChI is InChI=1S/C24H31ClN2O2S/c1-4-22(24(29)26-18(2)3)27(14-13-19-9-6-5-7-10-19)23(28)17-30-16-20-11-8-12-21(25)15-20/h5-12,15,18,22H,4,13-14,16-17H2,1-3H3,(H,26,29)/t22-/m0/s1. The summed E-state index contributed by atoms with van der Waals surface area (Å²) in [5, 5.41) is 3.66. The molecular weight excluding hydrogens is 416 g/mol. The molecule has 0 aliphatic rings. The van der Waals surface area contributed by atoms with Crippen LogP contribution in [0, 0.1) is 0 Å². The van der Waals surface area contributed by atoms with Crippen LogP contribution in [0.4, 0.5) is 0 Å². The van der Waals surface area contributed by atoms with Gasteiger partial charge < -0.3 is 10.2 Å². The van der Waals surface area contributed by atoms with Crippen LogP contribution in [0.2, 0.25) is 5.02 Å². The Morgan fingerprint density at radius 2 is 1.77 bits per heavy atom. The lowest BCUT2D eigenvalue weighted by Gasteiger charge is -2.31. The van der Waals surface area contributed by atoms with Crippen LogP contribution in [0.5, 0.6) is 0 Å². The molecule has 0 fully saturated rings. The van der Waals surface area contributed by atoms with Gasteiger partial charge in [-0.15, -0.1) is 11.8 Å². The highest BCUT2D eigenvalue weighted by atomic mass is 35.5. The summed E-state index contributed by atoms with van der Waals surface area (Å²) in [6, 6.07) is 17.3. The van der Waals surface area contributed by atoms with Gasteiger partial charge in [-0.25, -0.2) is 0 Å². The first-order chi connectivity index (χ1) is 14.4. The summed E-state index contributed by atoms with van der Waals surface area (Å²) in [7, 11) is 0. The molecule has 6 heteroatoms. The fourth-order valence-corrected chi connectivity index (χ4v) is 4.31. The molecule has 2 rings (SSSR count). The molecule has 0 saturated carbocycles. The SMILES string of the molecule is CC[C@@H](C(=O)NC(C)C)N(CCc1ccccc1)C(=O)CSCc1cccc(Cl)c1. The van der Waals surface area contributed by atoms with Crippen molar-refractivity contribution in [3.63, 3.8) is 0 Å². The molecule has 0 spiro atoms. The Labute approximate surface area is 189 Å². The number of hydrogen-bond acceptors (Lipinski definition) is 3. The van der Waals surface area contributed by atoms with Crippen LogP contribution in [-0.2, 0) is 21.8 Å². The third-order valence-corrected chi connectivity index (χ3v) is 5.91. The number of thioether (sulfide) groups is 1. The average Bonchev–Trinajstić information content (AvgIpc) is 2.71. The molecule has 162 valence electrons. The maximum atomic E-state index is 13.1. The second-order valence-corrected chi connectivity index (χ2v) is 8.95. The smallest absolute Gasteiger partial charge is 0.242 e. The number of amides is 2. The van der Waals surface area contributed by atoms with Gasteiger partial charge >= 0.3 is 0 Å². The molecule has 2 aromatic carbocycles. The first-order valence-corrected chi connectivity index (χ1v) is 11.9. The van der Waals surface area contributed by atoms with Gasteiger partial charge in [0.2, 0.25) is 11.8 Å². The largest absolute Gasteiger partial charge is 0.352 e. The van der Waals surface area contributed by atoms with E-state index in [9.17, 15) is 9.59 Å². The summed E-state index contributed by atoms with van der Waals surface area (Å²) in [5.74, 6) is 0.929. The molecule has 2 aromatic rings. The normalized spacial score (nSPS) is 11.9. The quantitative estimate of drug-likeness (QED) is 0.531. The van der Waals surface area contributed by atoms with E-state index in [0.29, 0.717) is 29.5 Å². The maximum absolute atomic E-state index is 13.1. The van der Waals surface area contributed by atoms with Crippen LogP contribution in [0.15, 0.2) is 54.6 Å². The number of hydrogen-bond donors (Lipinski definition) is 1. The summed E-state index contributed by atoms with van der Waals surface area (Å²) < 4.78 is 0. The average molecular weight is 447 g/mol. The third kappa shape index (κ3) is 8.04. The zero-order valence-electron chi connectivity index (χ0n) is 17.9. The van der Waals surface area contributed by atoms with Crippen LogP contribution in [0.1, 0.15) is 38.3 Å². The van der Waals surface area contributed by atoms with Gasteiger partial charge in [0, 0.05) is 23.4 Å². The minimum atomic E-state index is -0.463. The van der Waals surface area contributed by atoms with E-state index in [1.54, 1.807) is 16.7 Å². The molecule has 0 aliphatic carbocycles. The van der Waals surface area contributed by atoms with E-state index in [4.69, 9.17) is 11.6 Å². The summed E-state index contributed by atoms with van der Waals surface area (Å²) in [6.07, 6.45) is 1.30. The van der Waals surface area contributed by atoms with Crippen molar-refractivity contribution < 1.29 is 9.59 Å². The Balaban J connectivity index is 2.05. The highest BCUT2D eigenvalue weighted by molar-refractivity contribution is 7.99. The minimum absolute atomic E-state index is 0.0104. The van der Waals surface area contributed by atoms with Crippen LogP contribution < -0.4 is 5.32 Å². The van der Waals surface area contributed by atoms with Crippen LogP contribution in [0.25, 0.3) is 0 Å². The molecule has 0 saturated heterocycles. The number of nitrogens with one attached hydrogen (secondary N) is 1. The number of carbonyl (C=O) groups excluding carboxylic acids is 2. The molecule has 30 heavy (non-hydrogen) atoms. The summed E-state index contributed by atoms with van der Waals surface area (Å²) in [5.41, 5.74) is 2.24. The molecule has 0 aromatic heterocycles. The number of benzene rings is 2. The van der Waals surface area contributed by atoms with Crippen molar-refractivity contribution in [3.05, 3.63) is 70.7 Å².